The number of nitrogens with zero attached hydrogens (tertiary/aromatic N) is 1. The number of hydrogen-bond donors (Lipinski definition) is 1. The zero-order valence-electron chi connectivity index (χ0n) is 19.5. The Kier molecular flexibility index (Phi) is 9.15. The van der Waals surface area contributed by atoms with E-state index in [0.29, 0.717) is 13.4 Å². The van der Waals surface area contributed by atoms with E-state index in [-0.39, 0.29) is 0 Å². The first-order valence-electron chi connectivity index (χ1n) is 10.9. The molecule has 2 heterocycles. The Labute approximate surface area is 180 Å². The Morgan fingerprint density at radius 3 is 2.43 bits per heavy atom. The summed E-state index contributed by atoms with van der Waals surface area (Å²) in [6.45, 7) is 14.1. The van der Waals surface area contributed by atoms with Crippen LogP contribution in [0.2, 0.25) is 0 Å². The maximum atomic E-state index is 5.59. The van der Waals surface area contributed by atoms with Crippen molar-refractivity contribution in [3.8, 4) is 11.3 Å². The molecule has 4 aromatic rings. The molecular formula is C26H36N2O2. The minimum Gasteiger partial charge on any atom is -0.361 e. The first-order valence-corrected chi connectivity index (χ1v) is 10.9. The standard InChI is InChI=1S/C22H24N2O2.2C2H6/c1-15-7-8-17-16(2)22(19-5-4-6-20-18(19)9-10-23-20)24(21(17)13-15)11-12-26-14-25-3;2*1-2/h4-10,13,23H,11-12,14H2,1-3H3;2*1-2H3. The summed E-state index contributed by atoms with van der Waals surface area (Å²) in [4.78, 5) is 3.32. The van der Waals surface area contributed by atoms with E-state index < -0.39 is 0 Å². The average Bonchev–Trinajstić information content (AvgIpc) is 3.37. The normalized spacial score (nSPS) is 10.5. The van der Waals surface area contributed by atoms with Crippen LogP contribution < -0.4 is 0 Å². The maximum absolute atomic E-state index is 5.59. The lowest BCUT2D eigenvalue weighted by Gasteiger charge is -2.13. The average molecular weight is 409 g/mol. The molecular weight excluding hydrogens is 372 g/mol. The molecule has 0 saturated carbocycles. The van der Waals surface area contributed by atoms with Gasteiger partial charge in [-0.2, -0.15) is 0 Å². The number of nitrogens with one attached hydrogen (secondary N) is 1. The summed E-state index contributed by atoms with van der Waals surface area (Å²) in [5.41, 5.74) is 7.50. The van der Waals surface area contributed by atoms with Gasteiger partial charge in [-0.25, -0.2) is 0 Å². The van der Waals surface area contributed by atoms with Gasteiger partial charge in [0.15, 0.2) is 0 Å². The van der Waals surface area contributed by atoms with Crippen LogP contribution in [0.1, 0.15) is 38.8 Å². The fourth-order valence-corrected chi connectivity index (χ4v) is 3.80. The van der Waals surface area contributed by atoms with Crippen LogP contribution in [-0.2, 0) is 16.0 Å². The number of benzene rings is 2. The molecule has 0 aliphatic carbocycles. The monoisotopic (exact) mass is 408 g/mol. The van der Waals surface area contributed by atoms with E-state index in [9.17, 15) is 0 Å². The van der Waals surface area contributed by atoms with Crippen LogP contribution in [0.15, 0.2) is 48.7 Å². The van der Waals surface area contributed by atoms with Crippen molar-refractivity contribution in [2.24, 2.45) is 0 Å². The van der Waals surface area contributed by atoms with Gasteiger partial charge in [0.2, 0.25) is 0 Å². The van der Waals surface area contributed by atoms with Gasteiger partial charge in [0, 0.05) is 47.2 Å². The summed E-state index contributed by atoms with van der Waals surface area (Å²) in [5.74, 6) is 0. The third-order valence-corrected chi connectivity index (χ3v) is 4.98. The van der Waals surface area contributed by atoms with Crippen molar-refractivity contribution in [1.29, 1.82) is 0 Å². The Morgan fingerprint density at radius 2 is 1.70 bits per heavy atom. The van der Waals surface area contributed by atoms with Gasteiger partial charge in [-0.15, -0.1) is 0 Å². The fraction of sp³-hybridized carbons (Fsp3) is 0.385. The highest BCUT2D eigenvalue weighted by Crippen LogP contribution is 2.37. The molecule has 2 aromatic heterocycles. The van der Waals surface area contributed by atoms with Crippen molar-refractivity contribution in [2.75, 3.05) is 20.5 Å². The third kappa shape index (κ3) is 4.77. The molecule has 0 aliphatic rings. The van der Waals surface area contributed by atoms with E-state index in [1.165, 1.54) is 38.7 Å². The SMILES string of the molecule is CC.CC.COCOCCn1c(-c2cccc3[nH]ccc23)c(C)c2ccc(C)cc21. The molecule has 0 unspecified atom stereocenters. The second kappa shape index (κ2) is 11.6. The number of H-pyrrole nitrogens is 1. The summed E-state index contributed by atoms with van der Waals surface area (Å²) in [7, 11) is 1.65. The molecule has 0 fully saturated rings. The topological polar surface area (TPSA) is 39.2 Å². The van der Waals surface area contributed by atoms with E-state index >= 15 is 0 Å². The first-order chi connectivity index (χ1) is 14.7. The van der Waals surface area contributed by atoms with Crippen LogP contribution in [-0.4, -0.2) is 30.1 Å². The number of methoxy groups -OCH3 is 1. The highest BCUT2D eigenvalue weighted by Gasteiger charge is 2.17. The lowest BCUT2D eigenvalue weighted by Crippen LogP contribution is -2.09. The largest absolute Gasteiger partial charge is 0.361 e. The Morgan fingerprint density at radius 1 is 0.933 bits per heavy atom. The van der Waals surface area contributed by atoms with Crippen LogP contribution in [0, 0.1) is 13.8 Å². The molecule has 162 valence electrons. The molecule has 4 nitrogen and oxygen atoms in total. The molecule has 0 amide bonds. The van der Waals surface area contributed by atoms with Gasteiger partial charge in [-0.1, -0.05) is 52.0 Å². The van der Waals surface area contributed by atoms with Gasteiger partial charge in [-0.05, 0) is 43.2 Å². The smallest absolute Gasteiger partial charge is 0.146 e. The van der Waals surface area contributed by atoms with Crippen LogP contribution in [0.4, 0.5) is 0 Å². The van der Waals surface area contributed by atoms with Gasteiger partial charge >= 0.3 is 0 Å². The molecule has 4 rings (SSSR count). The third-order valence-electron chi connectivity index (χ3n) is 4.98. The number of hydrogen-bond acceptors (Lipinski definition) is 2. The summed E-state index contributed by atoms with van der Waals surface area (Å²) in [5, 5.41) is 2.54. The summed E-state index contributed by atoms with van der Waals surface area (Å²) in [6.07, 6.45) is 2.00. The summed E-state index contributed by atoms with van der Waals surface area (Å²) >= 11 is 0. The molecule has 0 radical (unpaired) electrons. The second-order valence-electron chi connectivity index (χ2n) is 6.71. The maximum Gasteiger partial charge on any atom is 0.146 e. The molecule has 0 atom stereocenters. The first kappa shape index (κ1) is 23.7. The van der Waals surface area contributed by atoms with Crippen LogP contribution in [0.5, 0.6) is 0 Å². The zero-order valence-corrected chi connectivity index (χ0v) is 19.5. The Balaban J connectivity index is 0.000000757. The minimum absolute atomic E-state index is 0.319. The molecule has 0 saturated heterocycles. The molecule has 2 aromatic carbocycles. The zero-order chi connectivity index (χ0) is 22.1. The number of ether oxygens (including phenoxy) is 2. The lowest BCUT2D eigenvalue weighted by atomic mass is 10.0. The van der Waals surface area contributed by atoms with E-state index in [1.807, 2.05) is 33.9 Å². The number of aromatic amines is 1. The van der Waals surface area contributed by atoms with E-state index in [0.717, 1.165) is 12.1 Å². The van der Waals surface area contributed by atoms with Crippen molar-refractivity contribution < 1.29 is 9.47 Å². The Hall–Kier alpha value is -2.56. The van der Waals surface area contributed by atoms with Gasteiger partial charge < -0.3 is 19.0 Å². The molecule has 0 spiro atoms. The fourth-order valence-electron chi connectivity index (χ4n) is 3.80. The van der Waals surface area contributed by atoms with Gasteiger partial charge in [-0.3, -0.25) is 0 Å². The van der Waals surface area contributed by atoms with Crippen LogP contribution in [0.3, 0.4) is 0 Å². The molecule has 4 heteroatoms. The molecule has 0 bridgehead atoms. The van der Waals surface area contributed by atoms with Crippen molar-refractivity contribution in [2.45, 2.75) is 48.1 Å². The van der Waals surface area contributed by atoms with E-state index in [4.69, 9.17) is 9.47 Å². The predicted molar refractivity (Wildman–Crippen MR) is 129 cm³/mol. The van der Waals surface area contributed by atoms with Crippen LogP contribution >= 0.6 is 0 Å². The predicted octanol–water partition coefficient (Wildman–Crippen LogP) is 7.08. The highest BCUT2D eigenvalue weighted by molar-refractivity contribution is 6.00. The van der Waals surface area contributed by atoms with Gasteiger partial charge in [0.1, 0.15) is 6.79 Å². The molecule has 0 aliphatic heterocycles. The summed E-state index contributed by atoms with van der Waals surface area (Å²) in [6, 6.07) is 15.3. The summed E-state index contributed by atoms with van der Waals surface area (Å²) < 4.78 is 13.0. The van der Waals surface area contributed by atoms with Gasteiger partial charge in [0.05, 0.1) is 12.3 Å². The van der Waals surface area contributed by atoms with E-state index in [2.05, 4.69) is 65.9 Å². The number of aromatic nitrogens is 2. The van der Waals surface area contributed by atoms with Crippen molar-refractivity contribution in [3.63, 3.8) is 0 Å². The highest BCUT2D eigenvalue weighted by atomic mass is 16.7. The van der Waals surface area contributed by atoms with Crippen molar-refractivity contribution in [3.05, 3.63) is 59.8 Å². The second-order valence-corrected chi connectivity index (χ2v) is 6.71. The quantitative estimate of drug-likeness (QED) is 0.273. The van der Waals surface area contributed by atoms with Gasteiger partial charge in [0.25, 0.3) is 0 Å². The number of rotatable bonds is 6. The molecule has 1 N–H and O–H groups in total. The number of aryl methyl sites for hydroxylation is 2. The minimum atomic E-state index is 0.319. The van der Waals surface area contributed by atoms with Crippen LogP contribution in [0.25, 0.3) is 33.1 Å². The van der Waals surface area contributed by atoms with E-state index in [1.54, 1.807) is 7.11 Å². The molecule has 30 heavy (non-hydrogen) atoms. The van der Waals surface area contributed by atoms with Crippen molar-refractivity contribution in [1.82, 2.24) is 9.55 Å². The number of fused-ring (bicyclic) bond motifs is 2. The Bertz CT molecular complexity index is 1060. The van der Waals surface area contributed by atoms with Crippen molar-refractivity contribution >= 4 is 21.8 Å². The lowest BCUT2D eigenvalue weighted by molar-refractivity contribution is -0.0326.